The lowest BCUT2D eigenvalue weighted by Gasteiger charge is -2.14. The second-order valence-corrected chi connectivity index (χ2v) is 3.50. The fraction of sp³-hybridized carbons (Fsp3) is 0.500. The highest BCUT2D eigenvalue weighted by atomic mass is 32.2. The summed E-state index contributed by atoms with van der Waals surface area (Å²) < 4.78 is 28.7. The van der Waals surface area contributed by atoms with E-state index in [0.29, 0.717) is 6.21 Å². The predicted octanol–water partition coefficient (Wildman–Crippen LogP) is -1.20. The summed E-state index contributed by atoms with van der Waals surface area (Å²) in [5, 5.41) is 15.2. The molecule has 0 aliphatic heterocycles. The van der Waals surface area contributed by atoms with Crippen LogP contribution in [0.2, 0.25) is 0 Å². The third kappa shape index (κ3) is 2.07. The molecule has 0 rings (SSSR count). The van der Waals surface area contributed by atoms with Gasteiger partial charge in [0.1, 0.15) is 0 Å². The molecule has 0 saturated heterocycles. The van der Waals surface area contributed by atoms with E-state index in [2.05, 4.69) is 0 Å². The Hall–Kier alpha value is -0.790. The average molecular weight is 181 g/mol. The first kappa shape index (κ1) is 10.2. The second kappa shape index (κ2) is 3.07. The molecule has 0 aliphatic carbocycles. The van der Waals surface area contributed by atoms with Crippen molar-refractivity contribution in [3.8, 4) is 0 Å². The van der Waals surface area contributed by atoms with Gasteiger partial charge in [-0.05, 0) is 6.21 Å². The molecule has 0 bridgehead atoms. The molecule has 0 aliphatic rings. The summed E-state index contributed by atoms with van der Waals surface area (Å²) in [4.78, 5) is 7.10. The summed E-state index contributed by atoms with van der Waals surface area (Å²) in [6, 6.07) is 0. The van der Waals surface area contributed by atoms with Crippen LogP contribution in [0, 0.1) is 5.41 Å². The van der Waals surface area contributed by atoms with Crippen LogP contribution in [-0.2, 0) is 14.9 Å². The summed E-state index contributed by atoms with van der Waals surface area (Å²) in [7, 11) is -4.84. The minimum atomic E-state index is -4.84. The number of hydrogen-bond donors (Lipinski definition) is 3. The van der Waals surface area contributed by atoms with Crippen LogP contribution in [0.5, 0.6) is 0 Å². The molecule has 0 radical (unpaired) electrons. The molecular formula is C4H7NO5S. The fourth-order valence-corrected chi connectivity index (χ4v) is 0.776. The summed E-state index contributed by atoms with van der Waals surface area (Å²) in [5.74, 6) is 0. The van der Waals surface area contributed by atoms with Gasteiger partial charge in [0.25, 0.3) is 4.93 Å². The highest BCUT2D eigenvalue weighted by molar-refractivity contribution is 7.87. The van der Waals surface area contributed by atoms with Crippen molar-refractivity contribution in [3.05, 3.63) is 0 Å². The first-order chi connectivity index (χ1) is 4.87. The molecule has 64 valence electrons. The largest absolute Gasteiger partial charge is 0.367 e. The van der Waals surface area contributed by atoms with E-state index in [1.165, 1.54) is 0 Å². The molecule has 6 nitrogen and oxygen atoms in total. The number of carbonyl (C=O) groups excluding carboxylic acids is 1. The van der Waals surface area contributed by atoms with Gasteiger partial charge >= 0.3 is 10.1 Å². The Morgan fingerprint density at radius 1 is 1.55 bits per heavy atom. The van der Waals surface area contributed by atoms with Crippen LogP contribution < -0.4 is 0 Å². The molecule has 1 unspecified atom stereocenters. The van der Waals surface area contributed by atoms with E-state index in [-0.39, 0.29) is 6.29 Å². The molecule has 3 N–H and O–H groups in total. The molecular weight excluding hydrogens is 174 g/mol. The highest BCUT2D eigenvalue weighted by Crippen LogP contribution is 2.12. The topological polar surface area (TPSA) is 116 Å². The van der Waals surface area contributed by atoms with Crippen molar-refractivity contribution in [2.75, 3.05) is 0 Å². The number of hydrogen-bond acceptors (Lipinski definition) is 5. The molecule has 0 aromatic carbocycles. The van der Waals surface area contributed by atoms with Gasteiger partial charge in [0.2, 0.25) is 0 Å². The summed E-state index contributed by atoms with van der Waals surface area (Å²) in [6.07, 6.45) is -0.565. The van der Waals surface area contributed by atoms with Gasteiger partial charge in [0.05, 0.1) is 0 Å². The van der Waals surface area contributed by atoms with E-state index in [1.807, 2.05) is 0 Å². The quantitative estimate of drug-likeness (QED) is 0.286. The van der Waals surface area contributed by atoms with Crippen molar-refractivity contribution in [1.82, 2.24) is 0 Å². The lowest BCUT2D eigenvalue weighted by molar-refractivity contribution is -0.117. The first-order valence-electron chi connectivity index (χ1n) is 2.52. The van der Waals surface area contributed by atoms with E-state index in [9.17, 15) is 13.2 Å². The van der Waals surface area contributed by atoms with Crippen LogP contribution in [0.4, 0.5) is 0 Å². The number of aldehydes is 1. The highest BCUT2D eigenvalue weighted by Gasteiger charge is 2.39. The average Bonchev–Trinajstić information content (AvgIpc) is 1.86. The van der Waals surface area contributed by atoms with Gasteiger partial charge in [-0.3, -0.25) is 9.35 Å². The summed E-state index contributed by atoms with van der Waals surface area (Å²) in [6.45, 7) is 0. The van der Waals surface area contributed by atoms with Gasteiger partial charge in [-0.25, -0.2) is 0 Å². The molecule has 0 heterocycles. The number of rotatable bonds is 4. The lowest BCUT2D eigenvalue weighted by atomic mass is 10.3. The van der Waals surface area contributed by atoms with E-state index in [0.717, 1.165) is 0 Å². The van der Waals surface area contributed by atoms with Gasteiger partial charge in [-0.15, -0.1) is 0 Å². The fourth-order valence-electron chi connectivity index (χ4n) is 0.360. The summed E-state index contributed by atoms with van der Waals surface area (Å²) >= 11 is 0. The summed E-state index contributed by atoms with van der Waals surface area (Å²) in [5.41, 5.74) is 0. The zero-order valence-corrected chi connectivity index (χ0v) is 6.21. The molecule has 1 atom stereocenters. The number of nitrogens with one attached hydrogen (secondary N) is 1. The maximum Gasteiger partial charge on any atom is 0.302 e. The van der Waals surface area contributed by atoms with Crippen LogP contribution >= 0.6 is 0 Å². The molecule has 7 heteroatoms. The first-order valence-corrected chi connectivity index (χ1v) is 3.96. The lowest BCUT2D eigenvalue weighted by Crippen LogP contribution is -2.40. The van der Waals surface area contributed by atoms with Gasteiger partial charge in [-0.2, -0.15) is 8.42 Å². The van der Waals surface area contributed by atoms with E-state index >= 15 is 0 Å². The van der Waals surface area contributed by atoms with Gasteiger partial charge in [0, 0.05) is 6.42 Å². The van der Waals surface area contributed by atoms with Crippen molar-refractivity contribution < 1.29 is 22.9 Å². The zero-order chi connectivity index (χ0) is 9.12. The van der Waals surface area contributed by atoms with Crippen molar-refractivity contribution >= 4 is 22.6 Å². The van der Waals surface area contributed by atoms with Gasteiger partial charge < -0.3 is 10.5 Å². The molecule has 0 aromatic rings. The number of carbonyl (C=O) groups is 1. The third-order valence-electron chi connectivity index (χ3n) is 1.03. The van der Waals surface area contributed by atoms with E-state index < -0.39 is 21.5 Å². The Bertz CT molecular complexity index is 258. The smallest absolute Gasteiger partial charge is 0.302 e. The molecule has 0 spiro atoms. The van der Waals surface area contributed by atoms with Crippen molar-refractivity contribution in [1.29, 1.82) is 5.41 Å². The van der Waals surface area contributed by atoms with Crippen LogP contribution in [0.1, 0.15) is 6.42 Å². The maximum atomic E-state index is 10.2. The Morgan fingerprint density at radius 2 is 2.00 bits per heavy atom. The number of aliphatic hydroxyl groups is 1. The Balaban J connectivity index is 4.90. The van der Waals surface area contributed by atoms with Crippen LogP contribution in [0.25, 0.3) is 0 Å². The zero-order valence-electron chi connectivity index (χ0n) is 5.39. The van der Waals surface area contributed by atoms with Crippen molar-refractivity contribution in [2.24, 2.45) is 0 Å². The SMILES string of the molecule is N=CCC(O)(C=O)S(=O)(=O)O. The van der Waals surface area contributed by atoms with Crippen LogP contribution in [0.3, 0.4) is 0 Å². The van der Waals surface area contributed by atoms with Crippen molar-refractivity contribution in [2.45, 2.75) is 11.4 Å². The molecule has 0 amide bonds. The minimum absolute atomic E-state index is 0.326. The van der Waals surface area contributed by atoms with Crippen LogP contribution in [-0.4, -0.2) is 35.5 Å². The van der Waals surface area contributed by atoms with E-state index in [1.54, 1.807) is 0 Å². The third-order valence-corrected chi connectivity index (χ3v) is 2.18. The minimum Gasteiger partial charge on any atom is -0.367 e. The van der Waals surface area contributed by atoms with Gasteiger partial charge in [0.15, 0.2) is 6.29 Å². The monoisotopic (exact) mass is 181 g/mol. The maximum absolute atomic E-state index is 10.2. The second-order valence-electron chi connectivity index (χ2n) is 1.85. The molecule has 0 fully saturated rings. The Morgan fingerprint density at radius 3 is 2.09 bits per heavy atom. The molecule has 0 aromatic heterocycles. The van der Waals surface area contributed by atoms with Crippen molar-refractivity contribution in [3.63, 3.8) is 0 Å². The molecule has 0 saturated carbocycles. The van der Waals surface area contributed by atoms with Crippen LogP contribution in [0.15, 0.2) is 0 Å². The Labute approximate surface area is 63.1 Å². The Kier molecular flexibility index (Phi) is 2.85. The van der Waals surface area contributed by atoms with E-state index in [4.69, 9.17) is 15.1 Å². The molecule has 11 heavy (non-hydrogen) atoms. The van der Waals surface area contributed by atoms with Gasteiger partial charge in [-0.1, -0.05) is 0 Å². The normalized spacial score (nSPS) is 16.9. The standard InChI is InChI=1S/C4H7NO5S/c5-2-1-4(7,3-6)11(8,9)10/h2-3,5,7H,1H2,(H,8,9,10). The predicted molar refractivity (Wildman–Crippen MR) is 36.0 cm³/mol.